The number of benzene rings is 2. The third-order valence-corrected chi connectivity index (χ3v) is 5.37. The van der Waals surface area contributed by atoms with Gasteiger partial charge >= 0.3 is 0 Å². The minimum absolute atomic E-state index is 0.0280. The highest BCUT2D eigenvalue weighted by molar-refractivity contribution is 5.95. The Kier molecular flexibility index (Phi) is 5.33. The molecule has 146 valence electrons. The molecule has 0 aromatic heterocycles. The molecular formula is C23H26N2O3. The van der Waals surface area contributed by atoms with Gasteiger partial charge in [-0.25, -0.2) is 0 Å². The van der Waals surface area contributed by atoms with Crippen LogP contribution in [0.25, 0.3) is 0 Å². The van der Waals surface area contributed by atoms with E-state index in [2.05, 4.69) is 5.32 Å². The molecule has 1 aliphatic heterocycles. The summed E-state index contributed by atoms with van der Waals surface area (Å²) in [7, 11) is 0. The summed E-state index contributed by atoms with van der Waals surface area (Å²) < 4.78 is 5.93. The zero-order valence-corrected chi connectivity index (χ0v) is 16.2. The number of carbonyl (C=O) groups is 2. The fraction of sp³-hybridized carbons (Fsp3) is 0.391. The molecule has 2 aromatic carbocycles. The average Bonchev–Trinajstić information content (AvgIpc) is 3.39. The van der Waals surface area contributed by atoms with Gasteiger partial charge < -0.3 is 15.0 Å². The Bertz CT molecular complexity index is 858. The minimum atomic E-state index is -0.0280. The molecule has 1 heterocycles. The highest BCUT2D eigenvalue weighted by atomic mass is 16.5. The lowest BCUT2D eigenvalue weighted by molar-refractivity contribution is 0.0691. The van der Waals surface area contributed by atoms with Crippen molar-refractivity contribution in [2.45, 2.75) is 44.7 Å². The van der Waals surface area contributed by atoms with E-state index < -0.39 is 0 Å². The molecular weight excluding hydrogens is 352 g/mol. The third-order valence-electron chi connectivity index (χ3n) is 5.37. The van der Waals surface area contributed by atoms with Crippen molar-refractivity contribution in [2.75, 3.05) is 13.2 Å². The van der Waals surface area contributed by atoms with Crippen LogP contribution in [-0.4, -0.2) is 41.9 Å². The summed E-state index contributed by atoms with van der Waals surface area (Å²) in [5.41, 5.74) is 2.47. The van der Waals surface area contributed by atoms with Gasteiger partial charge in [0.1, 0.15) is 12.4 Å². The molecule has 1 N–H and O–H groups in total. The number of hydrogen-bond donors (Lipinski definition) is 1. The van der Waals surface area contributed by atoms with Crippen LogP contribution in [0.4, 0.5) is 0 Å². The Hall–Kier alpha value is -2.82. The van der Waals surface area contributed by atoms with Crippen LogP contribution in [0.15, 0.2) is 48.5 Å². The van der Waals surface area contributed by atoms with Crippen molar-refractivity contribution in [3.63, 3.8) is 0 Å². The third kappa shape index (κ3) is 4.35. The van der Waals surface area contributed by atoms with Crippen molar-refractivity contribution >= 4 is 11.8 Å². The average molecular weight is 378 g/mol. The van der Waals surface area contributed by atoms with E-state index >= 15 is 0 Å². The summed E-state index contributed by atoms with van der Waals surface area (Å²) in [4.78, 5) is 26.8. The highest BCUT2D eigenvalue weighted by Gasteiger charge is 2.30. The Morgan fingerprint density at radius 1 is 1.07 bits per heavy atom. The topological polar surface area (TPSA) is 58.6 Å². The molecule has 0 radical (unpaired) electrons. The Labute approximate surface area is 165 Å². The Morgan fingerprint density at radius 3 is 2.57 bits per heavy atom. The van der Waals surface area contributed by atoms with E-state index in [4.69, 9.17) is 4.74 Å². The maximum atomic E-state index is 12.9. The first-order valence-corrected chi connectivity index (χ1v) is 10.0. The standard InChI is InChI=1S/C23H26N2O3/c1-16-4-2-5-18(14-16)23(27)25-13-3-6-20(25)15-28-21-11-7-17(8-12-21)22(26)24-19-9-10-19/h2,4-5,7-8,11-12,14,19-20H,3,6,9-10,13,15H2,1H3,(H,24,26)/t20-/m0/s1. The lowest BCUT2D eigenvalue weighted by atomic mass is 10.1. The van der Waals surface area contributed by atoms with E-state index in [1.807, 2.05) is 48.2 Å². The van der Waals surface area contributed by atoms with Gasteiger partial charge in [-0.3, -0.25) is 9.59 Å². The summed E-state index contributed by atoms with van der Waals surface area (Å²) in [5, 5.41) is 2.98. The van der Waals surface area contributed by atoms with E-state index in [9.17, 15) is 9.59 Å². The van der Waals surface area contributed by atoms with Crippen LogP contribution in [0, 0.1) is 6.92 Å². The molecule has 2 fully saturated rings. The molecule has 1 atom stereocenters. The van der Waals surface area contributed by atoms with Crippen molar-refractivity contribution in [1.29, 1.82) is 0 Å². The number of amides is 2. The Morgan fingerprint density at radius 2 is 1.86 bits per heavy atom. The number of carbonyl (C=O) groups excluding carboxylic acids is 2. The van der Waals surface area contributed by atoms with Crippen LogP contribution >= 0.6 is 0 Å². The number of rotatable bonds is 6. The fourth-order valence-electron chi connectivity index (χ4n) is 3.61. The number of hydrogen-bond acceptors (Lipinski definition) is 3. The van der Waals surface area contributed by atoms with Crippen LogP contribution in [-0.2, 0) is 0 Å². The first-order valence-electron chi connectivity index (χ1n) is 10.0. The second-order valence-electron chi connectivity index (χ2n) is 7.75. The number of ether oxygens (including phenoxy) is 1. The molecule has 1 aliphatic carbocycles. The van der Waals surface area contributed by atoms with E-state index in [0.29, 0.717) is 18.2 Å². The van der Waals surface area contributed by atoms with Gasteiger partial charge in [-0.2, -0.15) is 0 Å². The van der Waals surface area contributed by atoms with Gasteiger partial charge in [0.15, 0.2) is 0 Å². The van der Waals surface area contributed by atoms with Gasteiger partial charge in [0.05, 0.1) is 6.04 Å². The quantitative estimate of drug-likeness (QED) is 0.836. The Balaban J connectivity index is 1.34. The zero-order chi connectivity index (χ0) is 19.5. The van der Waals surface area contributed by atoms with Gasteiger partial charge in [0.25, 0.3) is 11.8 Å². The molecule has 0 spiro atoms. The van der Waals surface area contributed by atoms with Gasteiger partial charge in [-0.15, -0.1) is 0 Å². The number of likely N-dealkylation sites (tertiary alicyclic amines) is 1. The predicted molar refractivity (Wildman–Crippen MR) is 108 cm³/mol. The zero-order valence-electron chi connectivity index (χ0n) is 16.2. The van der Waals surface area contributed by atoms with Gasteiger partial charge in [0.2, 0.25) is 0 Å². The first kappa shape index (κ1) is 18.5. The van der Waals surface area contributed by atoms with Crippen molar-refractivity contribution < 1.29 is 14.3 Å². The summed E-state index contributed by atoms with van der Waals surface area (Å²) in [6.07, 6.45) is 4.09. The fourth-order valence-corrected chi connectivity index (χ4v) is 3.61. The lowest BCUT2D eigenvalue weighted by Crippen LogP contribution is -2.39. The van der Waals surface area contributed by atoms with Crippen LogP contribution in [0.3, 0.4) is 0 Å². The monoisotopic (exact) mass is 378 g/mol. The SMILES string of the molecule is Cc1cccc(C(=O)N2CCC[C@H]2COc2ccc(C(=O)NC3CC3)cc2)c1. The number of aryl methyl sites for hydroxylation is 1. The molecule has 1 saturated carbocycles. The van der Waals surface area contributed by atoms with E-state index in [1.54, 1.807) is 12.1 Å². The smallest absolute Gasteiger partial charge is 0.254 e. The van der Waals surface area contributed by atoms with Crippen molar-refractivity contribution in [3.05, 3.63) is 65.2 Å². The largest absolute Gasteiger partial charge is 0.491 e. The molecule has 2 aromatic rings. The van der Waals surface area contributed by atoms with E-state index in [0.717, 1.165) is 49.1 Å². The summed E-state index contributed by atoms with van der Waals surface area (Å²) in [6.45, 7) is 3.22. The lowest BCUT2D eigenvalue weighted by Gasteiger charge is -2.25. The van der Waals surface area contributed by atoms with Gasteiger partial charge in [-0.05, 0) is 69.0 Å². The second-order valence-corrected chi connectivity index (χ2v) is 7.75. The molecule has 1 saturated heterocycles. The minimum Gasteiger partial charge on any atom is -0.491 e. The van der Waals surface area contributed by atoms with E-state index in [1.165, 1.54) is 0 Å². The highest BCUT2D eigenvalue weighted by Crippen LogP contribution is 2.23. The normalized spacial score (nSPS) is 18.8. The van der Waals surface area contributed by atoms with E-state index in [-0.39, 0.29) is 17.9 Å². The predicted octanol–water partition coefficient (Wildman–Crippen LogP) is 3.57. The van der Waals surface area contributed by atoms with Crippen LogP contribution < -0.4 is 10.1 Å². The van der Waals surface area contributed by atoms with Crippen LogP contribution in [0.1, 0.15) is 52.0 Å². The maximum absolute atomic E-state index is 12.9. The molecule has 4 rings (SSSR count). The van der Waals surface area contributed by atoms with Crippen molar-refractivity contribution in [2.24, 2.45) is 0 Å². The summed E-state index contributed by atoms with van der Waals surface area (Å²) in [5.74, 6) is 0.763. The molecule has 5 nitrogen and oxygen atoms in total. The van der Waals surface area contributed by atoms with Crippen molar-refractivity contribution in [1.82, 2.24) is 10.2 Å². The van der Waals surface area contributed by atoms with Gasteiger partial charge in [0, 0.05) is 23.7 Å². The molecule has 0 unspecified atom stereocenters. The molecule has 2 amide bonds. The second kappa shape index (κ2) is 8.05. The number of nitrogens with one attached hydrogen (secondary N) is 1. The van der Waals surface area contributed by atoms with Crippen molar-refractivity contribution in [3.8, 4) is 5.75 Å². The molecule has 28 heavy (non-hydrogen) atoms. The van der Waals surface area contributed by atoms with Gasteiger partial charge in [-0.1, -0.05) is 17.7 Å². The molecule has 2 aliphatic rings. The molecule has 0 bridgehead atoms. The molecule has 5 heteroatoms. The summed E-state index contributed by atoms with van der Waals surface area (Å²) >= 11 is 0. The van der Waals surface area contributed by atoms with Crippen LogP contribution in [0.5, 0.6) is 5.75 Å². The number of nitrogens with zero attached hydrogens (tertiary/aromatic N) is 1. The maximum Gasteiger partial charge on any atom is 0.254 e. The summed E-state index contributed by atoms with van der Waals surface area (Å²) in [6, 6.07) is 15.4. The van der Waals surface area contributed by atoms with Crippen LogP contribution in [0.2, 0.25) is 0 Å². The first-order chi connectivity index (χ1) is 13.6.